The number of aliphatic hydroxyl groups is 1. The molecule has 5 nitrogen and oxygen atoms in total. The Morgan fingerprint density at radius 2 is 2.46 bits per heavy atom. The molecule has 0 fully saturated rings. The monoisotopic (exact) mass is 201 g/mol. The van der Waals surface area contributed by atoms with E-state index in [0.717, 1.165) is 11.5 Å². The van der Waals surface area contributed by atoms with Gasteiger partial charge in [0, 0.05) is 6.54 Å². The number of nitrogens with zero attached hydrogens (tertiary/aromatic N) is 2. The van der Waals surface area contributed by atoms with Gasteiger partial charge in [0.2, 0.25) is 5.01 Å². The molecule has 1 unspecified atom stereocenters. The van der Waals surface area contributed by atoms with E-state index in [2.05, 4.69) is 14.7 Å². The predicted octanol–water partition coefficient (Wildman–Crippen LogP) is -0.0429. The summed E-state index contributed by atoms with van der Waals surface area (Å²) in [5, 5.41) is 11.8. The largest absolute Gasteiger partial charge is 0.392 e. The first-order valence-corrected chi connectivity index (χ1v) is 4.63. The van der Waals surface area contributed by atoms with E-state index in [1.807, 2.05) is 0 Å². The summed E-state index contributed by atoms with van der Waals surface area (Å²) in [4.78, 5) is 15.2. The molecule has 1 heterocycles. The highest BCUT2D eigenvalue weighted by Crippen LogP contribution is 2.02. The molecular formula is C7H11N3O2S. The normalized spacial score (nSPS) is 12.5. The average Bonchev–Trinajstić information content (AvgIpc) is 2.47. The van der Waals surface area contributed by atoms with Gasteiger partial charge in [0.05, 0.1) is 6.10 Å². The standard InChI is InChI=1S/C7H11N3O2S/c1-4(11)3-8-6(12)7-9-5(2)10-13-7/h4,11H,3H2,1-2H3,(H,8,12). The van der Waals surface area contributed by atoms with Crippen molar-refractivity contribution in [1.82, 2.24) is 14.7 Å². The number of aromatic nitrogens is 2. The average molecular weight is 201 g/mol. The van der Waals surface area contributed by atoms with Crippen LogP contribution in [0.2, 0.25) is 0 Å². The minimum absolute atomic E-state index is 0.234. The van der Waals surface area contributed by atoms with Crippen LogP contribution in [0.1, 0.15) is 22.6 Å². The highest BCUT2D eigenvalue weighted by atomic mass is 32.1. The van der Waals surface area contributed by atoms with Gasteiger partial charge in [-0.2, -0.15) is 4.37 Å². The van der Waals surface area contributed by atoms with Gasteiger partial charge < -0.3 is 10.4 Å². The number of carbonyl (C=O) groups excluding carboxylic acids is 1. The minimum atomic E-state index is -0.544. The second-order valence-electron chi connectivity index (χ2n) is 2.71. The number of rotatable bonds is 3. The first-order chi connectivity index (χ1) is 6.09. The zero-order valence-electron chi connectivity index (χ0n) is 7.44. The van der Waals surface area contributed by atoms with Crippen molar-refractivity contribution >= 4 is 17.4 Å². The Bertz CT molecular complexity index is 298. The lowest BCUT2D eigenvalue weighted by Gasteiger charge is -2.03. The van der Waals surface area contributed by atoms with Crippen molar-refractivity contribution in [2.24, 2.45) is 0 Å². The molecule has 1 rings (SSSR count). The fraction of sp³-hybridized carbons (Fsp3) is 0.571. The first-order valence-electron chi connectivity index (χ1n) is 3.86. The molecule has 0 aromatic carbocycles. The molecule has 0 spiro atoms. The Labute approximate surface area is 80.0 Å². The second-order valence-corrected chi connectivity index (χ2v) is 3.46. The number of aryl methyl sites for hydroxylation is 1. The van der Waals surface area contributed by atoms with Gasteiger partial charge in [-0.3, -0.25) is 4.79 Å². The molecule has 0 aliphatic heterocycles. The van der Waals surface area contributed by atoms with E-state index in [1.54, 1.807) is 13.8 Å². The van der Waals surface area contributed by atoms with E-state index in [0.29, 0.717) is 10.8 Å². The van der Waals surface area contributed by atoms with Crippen LogP contribution in [-0.4, -0.2) is 33.0 Å². The fourth-order valence-corrected chi connectivity index (χ4v) is 1.29. The van der Waals surface area contributed by atoms with Gasteiger partial charge in [-0.1, -0.05) is 0 Å². The lowest BCUT2D eigenvalue weighted by Crippen LogP contribution is -2.30. The van der Waals surface area contributed by atoms with Crippen LogP contribution in [0.5, 0.6) is 0 Å². The molecule has 13 heavy (non-hydrogen) atoms. The molecule has 0 saturated carbocycles. The van der Waals surface area contributed by atoms with E-state index in [-0.39, 0.29) is 12.5 Å². The lowest BCUT2D eigenvalue weighted by molar-refractivity contribution is 0.0923. The molecule has 0 saturated heterocycles. The van der Waals surface area contributed by atoms with Crippen LogP contribution in [0.4, 0.5) is 0 Å². The summed E-state index contributed by atoms with van der Waals surface area (Å²) in [6, 6.07) is 0. The number of hydrogen-bond donors (Lipinski definition) is 2. The van der Waals surface area contributed by atoms with Gasteiger partial charge in [0.15, 0.2) is 0 Å². The quantitative estimate of drug-likeness (QED) is 0.719. The summed E-state index contributed by atoms with van der Waals surface area (Å²) in [5.41, 5.74) is 0. The van der Waals surface area contributed by atoms with Crippen molar-refractivity contribution in [3.05, 3.63) is 10.8 Å². The number of hydrogen-bond acceptors (Lipinski definition) is 5. The summed E-state index contributed by atoms with van der Waals surface area (Å²) in [7, 11) is 0. The van der Waals surface area contributed by atoms with Crippen LogP contribution in [0, 0.1) is 6.92 Å². The maximum atomic E-state index is 11.2. The smallest absolute Gasteiger partial charge is 0.281 e. The minimum Gasteiger partial charge on any atom is -0.392 e. The maximum absolute atomic E-state index is 11.2. The molecule has 0 radical (unpaired) electrons. The van der Waals surface area contributed by atoms with Gasteiger partial charge in [0.25, 0.3) is 5.91 Å². The van der Waals surface area contributed by atoms with Crippen molar-refractivity contribution in [2.75, 3.05) is 6.54 Å². The van der Waals surface area contributed by atoms with Crippen LogP contribution in [0.15, 0.2) is 0 Å². The Morgan fingerprint density at radius 3 is 2.92 bits per heavy atom. The van der Waals surface area contributed by atoms with Crippen molar-refractivity contribution in [2.45, 2.75) is 20.0 Å². The van der Waals surface area contributed by atoms with E-state index >= 15 is 0 Å². The molecule has 0 aliphatic carbocycles. The molecule has 0 aliphatic rings. The number of carbonyl (C=O) groups is 1. The predicted molar refractivity (Wildman–Crippen MR) is 48.7 cm³/mol. The molecule has 1 aromatic heterocycles. The van der Waals surface area contributed by atoms with Crippen LogP contribution in [-0.2, 0) is 0 Å². The van der Waals surface area contributed by atoms with Gasteiger partial charge in [-0.05, 0) is 25.4 Å². The number of amides is 1. The van der Waals surface area contributed by atoms with Crippen molar-refractivity contribution < 1.29 is 9.90 Å². The van der Waals surface area contributed by atoms with E-state index in [9.17, 15) is 4.79 Å². The van der Waals surface area contributed by atoms with E-state index in [1.165, 1.54) is 0 Å². The van der Waals surface area contributed by atoms with Gasteiger partial charge >= 0.3 is 0 Å². The molecule has 0 bridgehead atoms. The van der Waals surface area contributed by atoms with Crippen molar-refractivity contribution in [3.63, 3.8) is 0 Å². The Morgan fingerprint density at radius 1 is 1.77 bits per heavy atom. The number of aliphatic hydroxyl groups excluding tert-OH is 1. The zero-order chi connectivity index (χ0) is 9.84. The van der Waals surface area contributed by atoms with E-state index in [4.69, 9.17) is 5.11 Å². The third kappa shape index (κ3) is 3.08. The molecule has 6 heteroatoms. The van der Waals surface area contributed by atoms with Crippen LogP contribution in [0.3, 0.4) is 0 Å². The van der Waals surface area contributed by atoms with Crippen LogP contribution in [0.25, 0.3) is 0 Å². The first kappa shape index (κ1) is 10.1. The van der Waals surface area contributed by atoms with Crippen molar-refractivity contribution in [1.29, 1.82) is 0 Å². The summed E-state index contributed by atoms with van der Waals surface area (Å²) in [6.07, 6.45) is -0.544. The summed E-state index contributed by atoms with van der Waals surface area (Å²) < 4.78 is 3.87. The molecule has 2 N–H and O–H groups in total. The Hall–Kier alpha value is -1.01. The van der Waals surface area contributed by atoms with Gasteiger partial charge in [-0.25, -0.2) is 4.98 Å². The lowest BCUT2D eigenvalue weighted by atomic mass is 10.4. The Balaban J connectivity index is 2.49. The zero-order valence-corrected chi connectivity index (χ0v) is 8.26. The van der Waals surface area contributed by atoms with Crippen LogP contribution < -0.4 is 5.32 Å². The highest BCUT2D eigenvalue weighted by molar-refractivity contribution is 7.07. The van der Waals surface area contributed by atoms with E-state index < -0.39 is 6.10 Å². The van der Waals surface area contributed by atoms with Crippen molar-refractivity contribution in [3.8, 4) is 0 Å². The molecule has 1 atom stereocenters. The fourth-order valence-electron chi connectivity index (χ4n) is 0.705. The summed E-state index contributed by atoms with van der Waals surface area (Å²) >= 11 is 1.05. The van der Waals surface area contributed by atoms with Gasteiger partial charge in [-0.15, -0.1) is 0 Å². The topological polar surface area (TPSA) is 75.1 Å². The third-order valence-electron chi connectivity index (χ3n) is 1.28. The molecule has 72 valence electrons. The highest BCUT2D eigenvalue weighted by Gasteiger charge is 2.10. The SMILES string of the molecule is Cc1nsc(C(=O)NCC(C)O)n1. The maximum Gasteiger partial charge on any atom is 0.281 e. The molecular weight excluding hydrogens is 190 g/mol. The van der Waals surface area contributed by atoms with Gasteiger partial charge in [0.1, 0.15) is 5.82 Å². The molecule has 1 amide bonds. The summed E-state index contributed by atoms with van der Waals surface area (Å²) in [5.74, 6) is 0.304. The van der Waals surface area contributed by atoms with Crippen LogP contribution >= 0.6 is 11.5 Å². The Kier molecular flexibility index (Phi) is 3.32. The summed E-state index contributed by atoms with van der Waals surface area (Å²) in [6.45, 7) is 3.56. The third-order valence-corrected chi connectivity index (χ3v) is 2.08. The second kappa shape index (κ2) is 4.29. The molecule has 1 aromatic rings. The number of nitrogens with one attached hydrogen (secondary N) is 1.